The van der Waals surface area contributed by atoms with E-state index < -0.39 is 0 Å². The molecule has 2 heterocycles. The lowest BCUT2D eigenvalue weighted by Gasteiger charge is -2.42. The van der Waals surface area contributed by atoms with Crippen LogP contribution in [-0.2, 0) is 4.74 Å². The maximum Gasteiger partial charge on any atom is 0.0632 e. The van der Waals surface area contributed by atoms with Crippen molar-refractivity contribution in [3.8, 4) is 0 Å². The fourth-order valence-electron chi connectivity index (χ4n) is 2.70. The molecule has 1 aromatic carbocycles. The third-order valence-electron chi connectivity index (χ3n) is 3.71. The number of hydrogen-bond donors (Lipinski definition) is 1. The highest BCUT2D eigenvalue weighted by molar-refractivity contribution is 5.22. The van der Waals surface area contributed by atoms with Crippen LogP contribution in [0.5, 0.6) is 0 Å². The van der Waals surface area contributed by atoms with Gasteiger partial charge in [0.2, 0.25) is 0 Å². The Balaban J connectivity index is 1.45. The molecule has 2 aliphatic heterocycles. The van der Waals surface area contributed by atoms with E-state index in [0.717, 1.165) is 32.2 Å². The molecule has 1 unspecified atom stereocenters. The molecule has 0 aromatic heterocycles. The molecule has 1 N–H and O–H groups in total. The molecule has 17 heavy (non-hydrogen) atoms. The maximum absolute atomic E-state index is 5.47. The number of nitrogens with zero attached hydrogens (tertiary/aromatic N) is 1. The molecule has 0 aliphatic carbocycles. The first kappa shape index (κ1) is 11.2. The standard InChI is InChI=1S/C14H20N2O/c1-2-4-12(5-3-1)13-8-16(9-13)10-14-11-17-7-6-15-14/h1-5,13-15H,6-11H2. The van der Waals surface area contributed by atoms with Crippen LogP contribution < -0.4 is 5.32 Å². The van der Waals surface area contributed by atoms with Gasteiger partial charge in [0.25, 0.3) is 0 Å². The van der Waals surface area contributed by atoms with E-state index in [1.807, 2.05) is 0 Å². The van der Waals surface area contributed by atoms with Crippen LogP contribution in [0.1, 0.15) is 11.5 Å². The minimum absolute atomic E-state index is 0.528. The summed E-state index contributed by atoms with van der Waals surface area (Å²) in [6.45, 7) is 6.25. The average Bonchev–Trinajstić information content (AvgIpc) is 2.36. The third-order valence-corrected chi connectivity index (χ3v) is 3.71. The zero-order valence-corrected chi connectivity index (χ0v) is 10.1. The van der Waals surface area contributed by atoms with E-state index in [1.54, 1.807) is 0 Å². The molecule has 0 spiro atoms. The van der Waals surface area contributed by atoms with Gasteiger partial charge in [-0.25, -0.2) is 0 Å². The Bertz CT molecular complexity index is 342. The largest absolute Gasteiger partial charge is 0.378 e. The van der Waals surface area contributed by atoms with Gasteiger partial charge in [0.15, 0.2) is 0 Å². The zero-order chi connectivity index (χ0) is 11.5. The van der Waals surface area contributed by atoms with Gasteiger partial charge in [-0.2, -0.15) is 0 Å². The average molecular weight is 232 g/mol. The number of ether oxygens (including phenoxy) is 1. The minimum Gasteiger partial charge on any atom is -0.378 e. The van der Waals surface area contributed by atoms with Crippen LogP contribution >= 0.6 is 0 Å². The summed E-state index contributed by atoms with van der Waals surface area (Å²) in [6, 6.07) is 11.4. The molecule has 0 saturated carbocycles. The summed E-state index contributed by atoms with van der Waals surface area (Å²) in [4.78, 5) is 2.52. The first-order valence-corrected chi connectivity index (χ1v) is 6.50. The molecule has 2 fully saturated rings. The van der Waals surface area contributed by atoms with Crippen molar-refractivity contribution in [3.05, 3.63) is 35.9 Å². The summed E-state index contributed by atoms with van der Waals surface area (Å²) in [7, 11) is 0. The second kappa shape index (κ2) is 5.17. The molecule has 2 aliphatic rings. The van der Waals surface area contributed by atoms with Gasteiger partial charge in [-0.1, -0.05) is 30.3 Å². The van der Waals surface area contributed by atoms with Crippen molar-refractivity contribution < 1.29 is 4.74 Å². The molecule has 1 aromatic rings. The Labute approximate surface area is 103 Å². The van der Waals surface area contributed by atoms with Gasteiger partial charge < -0.3 is 15.0 Å². The first-order valence-electron chi connectivity index (χ1n) is 6.50. The number of nitrogens with one attached hydrogen (secondary N) is 1. The molecule has 0 amide bonds. The van der Waals surface area contributed by atoms with E-state index in [1.165, 1.54) is 18.7 Å². The SMILES string of the molecule is c1ccc(C2CN(CC3COCCN3)C2)cc1. The van der Waals surface area contributed by atoms with Crippen LogP contribution in [0.2, 0.25) is 0 Å². The summed E-state index contributed by atoms with van der Waals surface area (Å²) in [5, 5.41) is 3.51. The van der Waals surface area contributed by atoms with Crippen LogP contribution in [0, 0.1) is 0 Å². The highest BCUT2D eigenvalue weighted by atomic mass is 16.5. The maximum atomic E-state index is 5.47. The number of benzene rings is 1. The molecular formula is C14H20N2O. The molecular weight excluding hydrogens is 212 g/mol. The van der Waals surface area contributed by atoms with E-state index in [9.17, 15) is 0 Å². The predicted octanol–water partition coefficient (Wildman–Crippen LogP) is 1.07. The molecule has 3 rings (SSSR count). The predicted molar refractivity (Wildman–Crippen MR) is 68.2 cm³/mol. The molecule has 0 radical (unpaired) electrons. The summed E-state index contributed by atoms with van der Waals surface area (Å²) < 4.78 is 5.47. The highest BCUT2D eigenvalue weighted by Gasteiger charge is 2.29. The van der Waals surface area contributed by atoms with Gasteiger partial charge in [0, 0.05) is 38.1 Å². The van der Waals surface area contributed by atoms with Gasteiger partial charge >= 0.3 is 0 Å². The number of morpholine rings is 1. The topological polar surface area (TPSA) is 24.5 Å². The van der Waals surface area contributed by atoms with E-state index >= 15 is 0 Å². The molecule has 1 atom stereocenters. The van der Waals surface area contributed by atoms with Crippen molar-refractivity contribution in [2.45, 2.75) is 12.0 Å². The smallest absolute Gasteiger partial charge is 0.0632 e. The Hall–Kier alpha value is -0.900. The van der Waals surface area contributed by atoms with Gasteiger partial charge in [-0.05, 0) is 5.56 Å². The molecule has 92 valence electrons. The second-order valence-corrected chi connectivity index (χ2v) is 5.05. The fourth-order valence-corrected chi connectivity index (χ4v) is 2.70. The number of hydrogen-bond acceptors (Lipinski definition) is 3. The first-order chi connectivity index (χ1) is 8.42. The summed E-state index contributed by atoms with van der Waals surface area (Å²) in [6.07, 6.45) is 0. The Morgan fingerprint density at radius 1 is 1.24 bits per heavy atom. The van der Waals surface area contributed by atoms with Crippen molar-refractivity contribution in [2.75, 3.05) is 39.4 Å². The van der Waals surface area contributed by atoms with E-state index in [4.69, 9.17) is 4.74 Å². The van der Waals surface area contributed by atoms with Crippen molar-refractivity contribution in [1.29, 1.82) is 0 Å². The van der Waals surface area contributed by atoms with Gasteiger partial charge in [-0.15, -0.1) is 0 Å². The minimum atomic E-state index is 0.528. The van der Waals surface area contributed by atoms with Crippen molar-refractivity contribution in [3.63, 3.8) is 0 Å². The number of rotatable bonds is 3. The Morgan fingerprint density at radius 2 is 2.06 bits per heavy atom. The molecule has 3 heteroatoms. The van der Waals surface area contributed by atoms with Crippen molar-refractivity contribution in [1.82, 2.24) is 10.2 Å². The van der Waals surface area contributed by atoms with Crippen LogP contribution in [0.3, 0.4) is 0 Å². The van der Waals surface area contributed by atoms with Gasteiger partial charge in [0.1, 0.15) is 0 Å². The zero-order valence-electron chi connectivity index (χ0n) is 10.1. The second-order valence-electron chi connectivity index (χ2n) is 5.05. The molecule has 3 nitrogen and oxygen atoms in total. The number of likely N-dealkylation sites (tertiary alicyclic amines) is 1. The monoisotopic (exact) mass is 232 g/mol. The quantitative estimate of drug-likeness (QED) is 0.844. The summed E-state index contributed by atoms with van der Waals surface area (Å²) in [5.74, 6) is 0.737. The lowest BCUT2D eigenvalue weighted by atomic mass is 9.91. The molecule has 2 saturated heterocycles. The Kier molecular flexibility index (Phi) is 3.41. The van der Waals surface area contributed by atoms with Gasteiger partial charge in [-0.3, -0.25) is 0 Å². The van der Waals surface area contributed by atoms with Crippen molar-refractivity contribution in [2.24, 2.45) is 0 Å². The normalized spacial score (nSPS) is 26.7. The van der Waals surface area contributed by atoms with Crippen LogP contribution in [-0.4, -0.2) is 50.3 Å². The molecule has 0 bridgehead atoms. The summed E-state index contributed by atoms with van der Waals surface area (Å²) >= 11 is 0. The lowest BCUT2D eigenvalue weighted by molar-refractivity contribution is 0.0452. The van der Waals surface area contributed by atoms with E-state index in [-0.39, 0.29) is 0 Å². The highest BCUT2D eigenvalue weighted by Crippen LogP contribution is 2.26. The van der Waals surface area contributed by atoms with Crippen LogP contribution in [0.25, 0.3) is 0 Å². The van der Waals surface area contributed by atoms with Crippen LogP contribution in [0.15, 0.2) is 30.3 Å². The summed E-state index contributed by atoms with van der Waals surface area (Å²) in [5.41, 5.74) is 1.48. The van der Waals surface area contributed by atoms with Gasteiger partial charge in [0.05, 0.1) is 13.2 Å². The lowest BCUT2D eigenvalue weighted by Crippen LogP contribution is -2.54. The third kappa shape index (κ3) is 2.68. The Morgan fingerprint density at radius 3 is 2.76 bits per heavy atom. The van der Waals surface area contributed by atoms with E-state index in [2.05, 4.69) is 40.5 Å². The van der Waals surface area contributed by atoms with E-state index in [0.29, 0.717) is 6.04 Å². The van der Waals surface area contributed by atoms with Crippen molar-refractivity contribution >= 4 is 0 Å². The van der Waals surface area contributed by atoms with Crippen LogP contribution in [0.4, 0.5) is 0 Å². The fraction of sp³-hybridized carbons (Fsp3) is 0.571.